The Bertz CT molecular complexity index is 2030. The molecule has 10 nitrogen and oxygen atoms in total. The minimum Gasteiger partial charge on any atom is -0.496 e. The standard InChI is InChI=1S/C33H32N6O4/c1-16-14-39(15-28(40)34-16)33(41)23-11-10-22(20-8-6-7-9-21(20)23)31-30-24-13-27(42-5)25(29-17(2)38-43-18(29)3)12-26(24)37-32(30)36-19(4)35-31/h6-13,16,28,34,40H,14-15H2,1-5H3,(H,35,36,37)/t16-,28+/m1/s1. The van der Waals surface area contributed by atoms with Gasteiger partial charge in [-0.1, -0.05) is 35.5 Å². The van der Waals surface area contributed by atoms with Crippen LogP contribution >= 0.6 is 0 Å². The number of fused-ring (bicyclic) bond motifs is 4. The van der Waals surface area contributed by atoms with Crippen LogP contribution in [0.3, 0.4) is 0 Å². The first kappa shape index (κ1) is 27.1. The van der Waals surface area contributed by atoms with E-state index in [0.717, 1.165) is 55.1 Å². The molecule has 1 amide bonds. The average molecular weight is 577 g/mol. The maximum atomic E-state index is 13.7. The number of carbonyl (C=O) groups is 1. The van der Waals surface area contributed by atoms with Crippen molar-refractivity contribution in [3.8, 4) is 28.1 Å². The summed E-state index contributed by atoms with van der Waals surface area (Å²) in [6, 6.07) is 15.8. The lowest BCUT2D eigenvalue weighted by Gasteiger charge is -2.35. The van der Waals surface area contributed by atoms with E-state index >= 15 is 0 Å². The molecular weight excluding hydrogens is 544 g/mol. The maximum absolute atomic E-state index is 13.7. The molecule has 1 fully saturated rings. The second kappa shape index (κ2) is 10.2. The minimum absolute atomic E-state index is 0.00695. The number of aryl methyl sites for hydroxylation is 3. The van der Waals surface area contributed by atoms with Crippen molar-refractivity contribution < 1.29 is 19.2 Å². The summed E-state index contributed by atoms with van der Waals surface area (Å²) in [5.41, 5.74) is 6.41. The number of rotatable bonds is 4. The summed E-state index contributed by atoms with van der Waals surface area (Å²) in [6.07, 6.45) is -0.757. The van der Waals surface area contributed by atoms with Crippen molar-refractivity contribution in [3.63, 3.8) is 0 Å². The summed E-state index contributed by atoms with van der Waals surface area (Å²) < 4.78 is 11.3. The molecule has 4 heterocycles. The van der Waals surface area contributed by atoms with E-state index in [1.807, 2.05) is 76.2 Å². The molecule has 1 aliphatic heterocycles. The number of ether oxygens (including phenoxy) is 1. The number of β-amino-alcohol motifs (C(OH)–C–C–N with tert-alkyl or cyclic N) is 1. The van der Waals surface area contributed by atoms with Crippen molar-refractivity contribution in [3.05, 3.63) is 71.4 Å². The molecule has 3 aromatic heterocycles. The van der Waals surface area contributed by atoms with Gasteiger partial charge < -0.3 is 24.3 Å². The minimum atomic E-state index is -0.757. The highest BCUT2D eigenvalue weighted by Gasteiger charge is 2.28. The zero-order valence-electron chi connectivity index (χ0n) is 24.6. The normalized spacial score (nSPS) is 17.3. The molecule has 218 valence electrons. The van der Waals surface area contributed by atoms with Crippen molar-refractivity contribution in [2.75, 3.05) is 20.2 Å². The monoisotopic (exact) mass is 576 g/mol. The zero-order valence-corrected chi connectivity index (χ0v) is 24.6. The lowest BCUT2D eigenvalue weighted by atomic mass is 9.94. The molecule has 10 heteroatoms. The molecule has 2 atom stereocenters. The van der Waals surface area contributed by atoms with E-state index < -0.39 is 6.23 Å². The predicted octanol–water partition coefficient (Wildman–Crippen LogP) is 5.27. The zero-order chi connectivity index (χ0) is 30.0. The van der Waals surface area contributed by atoms with Crippen LogP contribution in [0.1, 0.15) is 34.6 Å². The highest BCUT2D eigenvalue weighted by Crippen LogP contribution is 2.42. The number of hydrogen-bond donors (Lipinski definition) is 3. The number of aliphatic hydroxyl groups excluding tert-OH is 1. The van der Waals surface area contributed by atoms with Gasteiger partial charge in [-0.2, -0.15) is 0 Å². The van der Waals surface area contributed by atoms with E-state index in [9.17, 15) is 9.90 Å². The number of H-pyrrole nitrogens is 1. The maximum Gasteiger partial charge on any atom is 0.254 e. The van der Waals surface area contributed by atoms with Gasteiger partial charge in [0.15, 0.2) is 0 Å². The molecule has 3 aromatic carbocycles. The Morgan fingerprint density at radius 3 is 2.53 bits per heavy atom. The number of nitrogens with zero attached hydrogens (tertiary/aromatic N) is 4. The number of benzene rings is 3. The van der Waals surface area contributed by atoms with E-state index in [1.54, 1.807) is 12.0 Å². The molecule has 6 aromatic rings. The molecule has 1 saturated heterocycles. The van der Waals surface area contributed by atoms with Crippen molar-refractivity contribution in [1.82, 2.24) is 30.3 Å². The van der Waals surface area contributed by atoms with Crippen LogP contribution in [0.25, 0.3) is 55.1 Å². The molecule has 0 aliphatic carbocycles. The number of aromatic nitrogens is 4. The third-order valence-electron chi connectivity index (χ3n) is 8.25. The smallest absolute Gasteiger partial charge is 0.254 e. The molecule has 43 heavy (non-hydrogen) atoms. The number of amides is 1. The van der Waals surface area contributed by atoms with Gasteiger partial charge in [-0.3, -0.25) is 10.1 Å². The van der Waals surface area contributed by atoms with Crippen molar-refractivity contribution in [2.24, 2.45) is 0 Å². The van der Waals surface area contributed by atoms with Crippen LogP contribution in [0.15, 0.2) is 53.1 Å². The second-order valence-electron chi connectivity index (χ2n) is 11.3. The largest absolute Gasteiger partial charge is 0.496 e. The predicted molar refractivity (Wildman–Crippen MR) is 165 cm³/mol. The van der Waals surface area contributed by atoms with Crippen LogP contribution in [0.2, 0.25) is 0 Å². The molecule has 0 saturated carbocycles. The van der Waals surface area contributed by atoms with Crippen molar-refractivity contribution >= 4 is 38.6 Å². The Morgan fingerprint density at radius 2 is 1.81 bits per heavy atom. The summed E-state index contributed by atoms with van der Waals surface area (Å²) in [6.45, 7) is 8.39. The van der Waals surface area contributed by atoms with Crippen LogP contribution in [0, 0.1) is 20.8 Å². The fraction of sp³-hybridized carbons (Fsp3) is 0.273. The van der Waals surface area contributed by atoms with E-state index in [1.165, 1.54) is 0 Å². The summed E-state index contributed by atoms with van der Waals surface area (Å²) in [5.74, 6) is 1.92. The van der Waals surface area contributed by atoms with Gasteiger partial charge in [0.05, 0.1) is 36.0 Å². The Balaban J connectivity index is 1.43. The third-order valence-corrected chi connectivity index (χ3v) is 8.25. The van der Waals surface area contributed by atoms with Crippen LogP contribution < -0.4 is 10.1 Å². The topological polar surface area (TPSA) is 129 Å². The van der Waals surface area contributed by atoms with Crippen LogP contribution in [-0.2, 0) is 0 Å². The molecule has 0 unspecified atom stereocenters. The Morgan fingerprint density at radius 1 is 1.02 bits per heavy atom. The summed E-state index contributed by atoms with van der Waals surface area (Å²) >= 11 is 0. The first-order valence-electron chi connectivity index (χ1n) is 14.3. The number of aromatic amines is 1. The number of aliphatic hydroxyl groups is 1. The SMILES string of the molecule is COc1cc2c(cc1-c1c(C)noc1C)[nH]c1nc(C)nc(-c3ccc(C(=O)N4C[C@@H](C)N[C@@H](O)C4)c4ccccc34)c12. The van der Waals surface area contributed by atoms with Crippen LogP contribution in [0.4, 0.5) is 0 Å². The summed E-state index contributed by atoms with van der Waals surface area (Å²) in [5, 5.41) is 21.0. The van der Waals surface area contributed by atoms with Gasteiger partial charge in [0, 0.05) is 40.2 Å². The molecule has 3 N–H and O–H groups in total. The highest BCUT2D eigenvalue weighted by atomic mass is 16.5. The lowest BCUT2D eigenvalue weighted by Crippen LogP contribution is -2.56. The molecule has 1 aliphatic rings. The van der Waals surface area contributed by atoms with Gasteiger partial charge in [-0.05, 0) is 56.7 Å². The number of carbonyl (C=O) groups excluding carboxylic acids is 1. The molecule has 0 spiro atoms. The molecule has 0 radical (unpaired) electrons. The van der Waals surface area contributed by atoms with Gasteiger partial charge in [-0.25, -0.2) is 9.97 Å². The lowest BCUT2D eigenvalue weighted by molar-refractivity contribution is 0.0284. The van der Waals surface area contributed by atoms with Gasteiger partial charge >= 0.3 is 0 Å². The van der Waals surface area contributed by atoms with Crippen molar-refractivity contribution in [1.29, 1.82) is 0 Å². The van der Waals surface area contributed by atoms with Gasteiger partial charge in [0.2, 0.25) is 0 Å². The highest BCUT2D eigenvalue weighted by molar-refractivity contribution is 6.17. The number of hydrogen-bond acceptors (Lipinski definition) is 8. The fourth-order valence-corrected chi connectivity index (χ4v) is 6.44. The number of piperazine rings is 1. The van der Waals surface area contributed by atoms with Crippen molar-refractivity contribution in [2.45, 2.75) is 40.0 Å². The summed E-state index contributed by atoms with van der Waals surface area (Å²) in [4.78, 5) is 28.7. The second-order valence-corrected chi connectivity index (χ2v) is 11.3. The van der Waals surface area contributed by atoms with Gasteiger partial charge in [0.1, 0.15) is 29.2 Å². The first-order chi connectivity index (χ1) is 20.7. The molecule has 0 bridgehead atoms. The van der Waals surface area contributed by atoms with E-state index in [4.69, 9.17) is 19.2 Å². The average Bonchev–Trinajstić information content (AvgIpc) is 3.51. The Labute approximate surface area is 247 Å². The van der Waals surface area contributed by atoms with E-state index in [0.29, 0.717) is 35.1 Å². The number of nitrogens with one attached hydrogen (secondary N) is 2. The third kappa shape index (κ3) is 4.41. The van der Waals surface area contributed by atoms with E-state index in [2.05, 4.69) is 15.5 Å². The van der Waals surface area contributed by atoms with Gasteiger partial charge in [-0.15, -0.1) is 0 Å². The first-order valence-corrected chi connectivity index (χ1v) is 14.3. The van der Waals surface area contributed by atoms with E-state index in [-0.39, 0.29) is 18.5 Å². The van der Waals surface area contributed by atoms with Gasteiger partial charge in [0.25, 0.3) is 5.91 Å². The Hall–Kier alpha value is -4.80. The fourth-order valence-electron chi connectivity index (χ4n) is 6.44. The Kier molecular flexibility index (Phi) is 6.41. The van der Waals surface area contributed by atoms with Crippen LogP contribution in [0.5, 0.6) is 5.75 Å². The number of methoxy groups -OCH3 is 1. The van der Waals surface area contributed by atoms with Crippen LogP contribution in [-0.4, -0.2) is 68.5 Å². The summed E-state index contributed by atoms with van der Waals surface area (Å²) in [7, 11) is 1.65. The molecular formula is C33H32N6O4. The quantitative estimate of drug-likeness (QED) is 0.259. The molecule has 7 rings (SSSR count).